The summed E-state index contributed by atoms with van der Waals surface area (Å²) in [5, 5.41) is 16.4. The lowest BCUT2D eigenvalue weighted by Crippen LogP contribution is -2.07. The zero-order chi connectivity index (χ0) is 13.8. The first kappa shape index (κ1) is 13.1. The van der Waals surface area contributed by atoms with Gasteiger partial charge in [-0.25, -0.2) is 0 Å². The van der Waals surface area contributed by atoms with Gasteiger partial charge in [-0.15, -0.1) is 0 Å². The van der Waals surface area contributed by atoms with Gasteiger partial charge in [0.2, 0.25) is 0 Å². The molecule has 1 heterocycles. The van der Waals surface area contributed by atoms with E-state index in [1.807, 2.05) is 44.4 Å². The Morgan fingerprint density at radius 1 is 1.37 bits per heavy atom. The summed E-state index contributed by atoms with van der Waals surface area (Å²) in [5.41, 5.74) is 3.73. The molecule has 0 unspecified atom stereocenters. The summed E-state index contributed by atoms with van der Waals surface area (Å²) >= 11 is 0. The van der Waals surface area contributed by atoms with Crippen LogP contribution in [0.5, 0.6) is 0 Å². The Kier molecular flexibility index (Phi) is 3.85. The standard InChI is InChI=1S/C14H17N3O2/c1-10-13(9-17(2)16-10)15-8-12-6-4-3-5-11(12)7-14(18)19/h3-6,9,15H,7-8H2,1-2H3,(H,18,19). The number of anilines is 1. The number of aromatic nitrogens is 2. The largest absolute Gasteiger partial charge is 0.481 e. The average molecular weight is 259 g/mol. The van der Waals surface area contributed by atoms with Crippen molar-refractivity contribution in [2.24, 2.45) is 7.05 Å². The predicted molar refractivity (Wildman–Crippen MR) is 73.1 cm³/mol. The van der Waals surface area contributed by atoms with Gasteiger partial charge >= 0.3 is 5.97 Å². The van der Waals surface area contributed by atoms with Crippen LogP contribution in [0, 0.1) is 6.92 Å². The van der Waals surface area contributed by atoms with Crippen molar-refractivity contribution < 1.29 is 9.90 Å². The van der Waals surface area contributed by atoms with Gasteiger partial charge in [-0.1, -0.05) is 24.3 Å². The molecule has 0 radical (unpaired) electrons. The van der Waals surface area contributed by atoms with Crippen molar-refractivity contribution >= 4 is 11.7 Å². The molecule has 2 aromatic rings. The average Bonchev–Trinajstić information content (AvgIpc) is 2.66. The van der Waals surface area contributed by atoms with Gasteiger partial charge in [-0.3, -0.25) is 9.48 Å². The Morgan fingerprint density at radius 2 is 2.05 bits per heavy atom. The third kappa shape index (κ3) is 3.34. The molecule has 0 aliphatic rings. The second kappa shape index (κ2) is 5.56. The number of carbonyl (C=O) groups is 1. The van der Waals surface area contributed by atoms with Gasteiger partial charge in [0.25, 0.3) is 0 Å². The summed E-state index contributed by atoms with van der Waals surface area (Å²) in [6.07, 6.45) is 1.96. The molecule has 0 spiro atoms. The smallest absolute Gasteiger partial charge is 0.307 e. The summed E-state index contributed by atoms with van der Waals surface area (Å²) < 4.78 is 1.75. The van der Waals surface area contributed by atoms with Crippen molar-refractivity contribution in [3.8, 4) is 0 Å². The zero-order valence-corrected chi connectivity index (χ0v) is 11.1. The fourth-order valence-electron chi connectivity index (χ4n) is 2.03. The van der Waals surface area contributed by atoms with Crippen LogP contribution in [0.2, 0.25) is 0 Å². The molecule has 0 saturated carbocycles. The van der Waals surface area contributed by atoms with Crippen molar-refractivity contribution in [2.45, 2.75) is 19.9 Å². The summed E-state index contributed by atoms with van der Waals surface area (Å²) in [6, 6.07) is 7.56. The van der Waals surface area contributed by atoms with E-state index in [9.17, 15) is 4.79 Å². The first-order chi connectivity index (χ1) is 9.06. The molecule has 0 saturated heterocycles. The Labute approximate surface area is 111 Å². The van der Waals surface area contributed by atoms with Crippen molar-refractivity contribution in [3.05, 3.63) is 47.3 Å². The number of carboxylic acid groups (broad SMARTS) is 1. The van der Waals surface area contributed by atoms with Crippen LogP contribution in [0.1, 0.15) is 16.8 Å². The number of hydrogen-bond donors (Lipinski definition) is 2. The SMILES string of the molecule is Cc1nn(C)cc1NCc1ccccc1CC(=O)O. The van der Waals surface area contributed by atoms with E-state index in [1.54, 1.807) is 4.68 Å². The number of nitrogens with zero attached hydrogens (tertiary/aromatic N) is 2. The quantitative estimate of drug-likeness (QED) is 0.861. The lowest BCUT2D eigenvalue weighted by Gasteiger charge is -2.09. The Morgan fingerprint density at radius 3 is 2.63 bits per heavy atom. The molecule has 0 bridgehead atoms. The zero-order valence-electron chi connectivity index (χ0n) is 11.1. The minimum Gasteiger partial charge on any atom is -0.481 e. The first-order valence-electron chi connectivity index (χ1n) is 6.09. The van der Waals surface area contributed by atoms with E-state index in [-0.39, 0.29) is 6.42 Å². The van der Waals surface area contributed by atoms with Gasteiger partial charge in [0.05, 0.1) is 17.8 Å². The molecule has 0 fully saturated rings. The lowest BCUT2D eigenvalue weighted by atomic mass is 10.0. The highest BCUT2D eigenvalue weighted by Crippen LogP contribution is 2.15. The highest BCUT2D eigenvalue weighted by atomic mass is 16.4. The highest BCUT2D eigenvalue weighted by Gasteiger charge is 2.07. The third-order valence-corrected chi connectivity index (χ3v) is 2.94. The molecule has 0 aliphatic carbocycles. The van der Waals surface area contributed by atoms with Gasteiger partial charge in [0, 0.05) is 19.8 Å². The molecule has 0 amide bonds. The number of rotatable bonds is 5. The fourth-order valence-corrected chi connectivity index (χ4v) is 2.03. The molecule has 2 rings (SSSR count). The van der Waals surface area contributed by atoms with E-state index in [2.05, 4.69) is 10.4 Å². The maximum atomic E-state index is 10.8. The van der Waals surface area contributed by atoms with E-state index in [0.29, 0.717) is 6.54 Å². The van der Waals surface area contributed by atoms with Gasteiger partial charge in [-0.05, 0) is 18.1 Å². The van der Waals surface area contributed by atoms with Crippen LogP contribution in [-0.2, 0) is 24.8 Å². The molecule has 0 atom stereocenters. The van der Waals surface area contributed by atoms with E-state index in [0.717, 1.165) is 22.5 Å². The van der Waals surface area contributed by atoms with Gasteiger partial charge in [-0.2, -0.15) is 5.10 Å². The van der Waals surface area contributed by atoms with Crippen LogP contribution in [0.4, 0.5) is 5.69 Å². The molecule has 0 aliphatic heterocycles. The predicted octanol–water partition coefficient (Wildman–Crippen LogP) is 1.97. The number of aliphatic carboxylic acids is 1. The molecule has 100 valence electrons. The van der Waals surface area contributed by atoms with E-state index in [1.165, 1.54) is 0 Å². The summed E-state index contributed by atoms with van der Waals surface area (Å²) in [4.78, 5) is 10.8. The van der Waals surface area contributed by atoms with Crippen molar-refractivity contribution in [2.75, 3.05) is 5.32 Å². The maximum absolute atomic E-state index is 10.8. The number of hydrogen-bond acceptors (Lipinski definition) is 3. The van der Waals surface area contributed by atoms with Crippen molar-refractivity contribution in [1.29, 1.82) is 0 Å². The molecule has 1 aromatic carbocycles. The maximum Gasteiger partial charge on any atom is 0.307 e. The van der Waals surface area contributed by atoms with E-state index in [4.69, 9.17) is 5.11 Å². The van der Waals surface area contributed by atoms with Crippen LogP contribution >= 0.6 is 0 Å². The molecule has 5 heteroatoms. The number of benzene rings is 1. The van der Waals surface area contributed by atoms with E-state index >= 15 is 0 Å². The van der Waals surface area contributed by atoms with Crippen LogP contribution in [0.25, 0.3) is 0 Å². The van der Waals surface area contributed by atoms with Gasteiger partial charge < -0.3 is 10.4 Å². The number of aryl methyl sites for hydroxylation is 2. The van der Waals surface area contributed by atoms with Crippen LogP contribution in [0.3, 0.4) is 0 Å². The molecule has 1 aromatic heterocycles. The van der Waals surface area contributed by atoms with Crippen molar-refractivity contribution in [1.82, 2.24) is 9.78 Å². The number of carboxylic acids is 1. The molecule has 19 heavy (non-hydrogen) atoms. The van der Waals surface area contributed by atoms with Gasteiger partial charge in [0.1, 0.15) is 0 Å². The molecule has 5 nitrogen and oxygen atoms in total. The summed E-state index contributed by atoms with van der Waals surface area (Å²) in [5.74, 6) is -0.815. The molecular weight excluding hydrogens is 242 g/mol. The Bertz CT molecular complexity index is 590. The minimum atomic E-state index is -0.815. The summed E-state index contributed by atoms with van der Waals surface area (Å²) in [7, 11) is 1.87. The Balaban J connectivity index is 2.11. The van der Waals surface area contributed by atoms with Crippen LogP contribution in [-0.4, -0.2) is 20.9 Å². The van der Waals surface area contributed by atoms with E-state index < -0.39 is 5.97 Å². The Hall–Kier alpha value is -2.30. The normalized spacial score (nSPS) is 10.4. The second-order valence-electron chi connectivity index (χ2n) is 4.49. The van der Waals surface area contributed by atoms with Crippen LogP contribution < -0.4 is 5.32 Å². The monoisotopic (exact) mass is 259 g/mol. The highest BCUT2D eigenvalue weighted by molar-refractivity contribution is 5.70. The van der Waals surface area contributed by atoms with Gasteiger partial charge in [0.15, 0.2) is 0 Å². The molecule has 2 N–H and O–H groups in total. The third-order valence-electron chi connectivity index (χ3n) is 2.94. The number of nitrogens with one attached hydrogen (secondary N) is 1. The second-order valence-corrected chi connectivity index (χ2v) is 4.49. The topological polar surface area (TPSA) is 67.2 Å². The lowest BCUT2D eigenvalue weighted by molar-refractivity contribution is -0.136. The molecular formula is C14H17N3O2. The fraction of sp³-hybridized carbons (Fsp3) is 0.286. The first-order valence-corrected chi connectivity index (χ1v) is 6.09. The minimum absolute atomic E-state index is 0.0455. The summed E-state index contributed by atoms with van der Waals surface area (Å²) in [6.45, 7) is 2.53. The van der Waals surface area contributed by atoms with Crippen molar-refractivity contribution in [3.63, 3.8) is 0 Å². The van der Waals surface area contributed by atoms with Crippen LogP contribution in [0.15, 0.2) is 30.5 Å².